The van der Waals surface area contributed by atoms with Gasteiger partial charge in [-0.3, -0.25) is 0 Å². The summed E-state index contributed by atoms with van der Waals surface area (Å²) in [4.78, 5) is 43.7. The molecule has 2 aliphatic rings. The van der Waals surface area contributed by atoms with Crippen molar-refractivity contribution in [2.75, 3.05) is 26.4 Å². The standard InChI is InChI=1S/C6H10N8O8/c15-11(16)7-1-5-6(10(3-7)14(21)22)2-8(12(17)18)4-9(5)13(19)20/h5-6H,1-4H2/t5-,6+. The number of rotatable bonds is 4. The van der Waals surface area contributed by atoms with E-state index in [1.54, 1.807) is 0 Å². The fourth-order valence-electron chi connectivity index (χ4n) is 2.50. The molecule has 0 aliphatic carbocycles. The number of nitro groups is 4. The van der Waals surface area contributed by atoms with Gasteiger partial charge in [-0.25, -0.2) is 40.5 Å². The Morgan fingerprint density at radius 2 is 0.955 bits per heavy atom. The molecule has 0 aromatic heterocycles. The maximum absolute atomic E-state index is 11.0. The van der Waals surface area contributed by atoms with Crippen LogP contribution in [-0.4, -0.2) is 78.7 Å². The molecule has 0 bridgehead atoms. The lowest BCUT2D eigenvalue weighted by molar-refractivity contribution is -0.763. The predicted molar refractivity (Wildman–Crippen MR) is 62.4 cm³/mol. The molecule has 2 aliphatic heterocycles. The van der Waals surface area contributed by atoms with Gasteiger partial charge in [-0.05, 0) is 0 Å². The van der Waals surface area contributed by atoms with E-state index in [0.29, 0.717) is 20.0 Å². The van der Waals surface area contributed by atoms with E-state index in [9.17, 15) is 40.5 Å². The zero-order valence-corrected chi connectivity index (χ0v) is 10.8. The normalized spacial score (nSPS) is 24.7. The highest BCUT2D eigenvalue weighted by Gasteiger charge is 2.55. The lowest BCUT2D eigenvalue weighted by atomic mass is 10.0. The topological polar surface area (TPSA) is 186 Å². The van der Waals surface area contributed by atoms with Crippen molar-refractivity contribution < 1.29 is 20.1 Å². The van der Waals surface area contributed by atoms with Gasteiger partial charge < -0.3 is 0 Å². The molecule has 16 nitrogen and oxygen atoms in total. The largest absolute Gasteiger partial charge is 0.235 e. The Hall–Kier alpha value is -3.20. The molecule has 0 amide bonds. The summed E-state index contributed by atoms with van der Waals surface area (Å²) in [5.74, 6) is 0. The molecular weight excluding hydrogens is 312 g/mol. The fourth-order valence-corrected chi connectivity index (χ4v) is 2.50. The fraction of sp³-hybridized carbons (Fsp3) is 1.00. The van der Waals surface area contributed by atoms with Crippen molar-refractivity contribution in [1.82, 2.24) is 20.0 Å². The molecule has 0 aromatic rings. The summed E-state index contributed by atoms with van der Waals surface area (Å²) in [5.41, 5.74) is 0. The molecule has 2 atom stereocenters. The molecule has 0 spiro atoms. The number of hydrogen-bond acceptors (Lipinski definition) is 8. The second kappa shape index (κ2) is 5.30. The lowest BCUT2D eigenvalue weighted by Gasteiger charge is -2.42. The minimum absolute atomic E-state index is 0.406. The number of fused-ring (bicyclic) bond motifs is 1. The van der Waals surface area contributed by atoms with E-state index in [-0.39, 0.29) is 0 Å². The Labute approximate surface area is 120 Å². The molecule has 2 rings (SSSR count). The first-order chi connectivity index (χ1) is 10.2. The summed E-state index contributed by atoms with van der Waals surface area (Å²) < 4.78 is 0. The van der Waals surface area contributed by atoms with Gasteiger partial charge in [0.1, 0.15) is 25.2 Å². The van der Waals surface area contributed by atoms with Crippen LogP contribution >= 0.6 is 0 Å². The van der Waals surface area contributed by atoms with Crippen LogP contribution in [0, 0.1) is 40.5 Å². The average Bonchev–Trinajstić information content (AvgIpc) is 2.44. The van der Waals surface area contributed by atoms with Crippen molar-refractivity contribution in [1.29, 1.82) is 0 Å². The average molecular weight is 322 g/mol. The molecule has 2 heterocycles. The smallest absolute Gasteiger partial charge is 0.208 e. The van der Waals surface area contributed by atoms with Crippen molar-refractivity contribution in [3.63, 3.8) is 0 Å². The van der Waals surface area contributed by atoms with Crippen LogP contribution in [0.5, 0.6) is 0 Å². The second-order valence-corrected chi connectivity index (χ2v) is 4.63. The van der Waals surface area contributed by atoms with Crippen molar-refractivity contribution >= 4 is 0 Å². The summed E-state index contributed by atoms with van der Waals surface area (Å²) in [6.45, 7) is -2.35. The van der Waals surface area contributed by atoms with Crippen molar-refractivity contribution in [3.05, 3.63) is 40.5 Å². The third-order valence-electron chi connectivity index (χ3n) is 3.50. The molecule has 0 saturated carbocycles. The van der Waals surface area contributed by atoms with Crippen LogP contribution in [0.25, 0.3) is 0 Å². The van der Waals surface area contributed by atoms with Crippen LogP contribution in [0.3, 0.4) is 0 Å². The van der Waals surface area contributed by atoms with Gasteiger partial charge in [-0.1, -0.05) is 10.0 Å². The highest BCUT2D eigenvalue weighted by atomic mass is 16.7. The van der Waals surface area contributed by atoms with Gasteiger partial charge in [0.15, 0.2) is 20.1 Å². The maximum Gasteiger partial charge on any atom is 0.208 e. The Balaban J connectivity index is 2.36. The highest BCUT2D eigenvalue weighted by molar-refractivity contribution is 4.90. The monoisotopic (exact) mass is 322 g/mol. The van der Waals surface area contributed by atoms with Gasteiger partial charge in [0.05, 0.1) is 0 Å². The molecule has 0 N–H and O–H groups in total. The van der Waals surface area contributed by atoms with Crippen molar-refractivity contribution in [2.24, 2.45) is 0 Å². The van der Waals surface area contributed by atoms with Gasteiger partial charge in [-0.2, -0.15) is 0 Å². The summed E-state index contributed by atoms with van der Waals surface area (Å²) in [6.07, 6.45) is 0. The van der Waals surface area contributed by atoms with Gasteiger partial charge in [0.2, 0.25) is 13.3 Å². The van der Waals surface area contributed by atoms with Crippen LogP contribution in [0.15, 0.2) is 0 Å². The van der Waals surface area contributed by atoms with E-state index in [1.165, 1.54) is 0 Å². The third-order valence-corrected chi connectivity index (χ3v) is 3.50. The SMILES string of the molecule is O=[N+]([O-])N1C[C@H]2[C@@H](CN([N+](=O)[O-])CN2[N+](=O)[O-])N([N+](=O)[O-])C1. The van der Waals surface area contributed by atoms with Crippen LogP contribution in [0.2, 0.25) is 0 Å². The Morgan fingerprint density at radius 3 is 1.18 bits per heavy atom. The molecule has 0 unspecified atom stereocenters. The summed E-state index contributed by atoms with van der Waals surface area (Å²) >= 11 is 0. The van der Waals surface area contributed by atoms with Gasteiger partial charge >= 0.3 is 0 Å². The van der Waals surface area contributed by atoms with Crippen LogP contribution in [0.4, 0.5) is 0 Å². The van der Waals surface area contributed by atoms with Gasteiger partial charge in [-0.15, -0.1) is 10.0 Å². The Bertz CT molecular complexity index is 481. The molecule has 0 radical (unpaired) electrons. The van der Waals surface area contributed by atoms with E-state index in [0.717, 1.165) is 0 Å². The molecule has 22 heavy (non-hydrogen) atoms. The first kappa shape index (κ1) is 15.2. The molecule has 2 fully saturated rings. The van der Waals surface area contributed by atoms with Crippen molar-refractivity contribution in [3.8, 4) is 0 Å². The van der Waals surface area contributed by atoms with E-state index < -0.39 is 58.6 Å². The van der Waals surface area contributed by atoms with Gasteiger partial charge in [0, 0.05) is 0 Å². The third kappa shape index (κ3) is 2.52. The number of nitrogens with zero attached hydrogens (tertiary/aromatic N) is 8. The van der Waals surface area contributed by atoms with E-state index in [4.69, 9.17) is 0 Å². The minimum Gasteiger partial charge on any atom is -0.235 e. The summed E-state index contributed by atoms with van der Waals surface area (Å²) in [6, 6.07) is -2.45. The minimum atomic E-state index is -1.23. The molecular formula is C6H10N8O8. The Kier molecular flexibility index (Phi) is 3.66. The summed E-state index contributed by atoms with van der Waals surface area (Å²) in [5, 5.41) is 41.8. The first-order valence-corrected chi connectivity index (χ1v) is 5.82. The predicted octanol–water partition coefficient (Wildman–Crippen LogP) is -2.36. The maximum atomic E-state index is 11.0. The highest BCUT2D eigenvalue weighted by Crippen LogP contribution is 2.24. The van der Waals surface area contributed by atoms with E-state index >= 15 is 0 Å². The van der Waals surface area contributed by atoms with Gasteiger partial charge in [0.25, 0.3) is 0 Å². The quantitative estimate of drug-likeness (QED) is 0.396. The molecule has 0 aromatic carbocycles. The zero-order chi connectivity index (χ0) is 16.6. The van der Waals surface area contributed by atoms with Crippen LogP contribution < -0.4 is 0 Å². The van der Waals surface area contributed by atoms with Crippen LogP contribution in [-0.2, 0) is 0 Å². The lowest BCUT2D eigenvalue weighted by Crippen LogP contribution is -2.73. The number of hydrazine groups is 4. The second-order valence-electron chi connectivity index (χ2n) is 4.63. The van der Waals surface area contributed by atoms with E-state index in [2.05, 4.69) is 0 Å². The van der Waals surface area contributed by atoms with Crippen molar-refractivity contribution in [2.45, 2.75) is 12.1 Å². The zero-order valence-electron chi connectivity index (χ0n) is 10.8. The number of hydrogen-bond donors (Lipinski definition) is 0. The van der Waals surface area contributed by atoms with E-state index in [1.807, 2.05) is 0 Å². The molecule has 122 valence electrons. The molecule has 2 saturated heterocycles. The first-order valence-electron chi connectivity index (χ1n) is 5.82. The van der Waals surface area contributed by atoms with Crippen LogP contribution in [0.1, 0.15) is 0 Å². The molecule has 16 heteroatoms. The summed E-state index contributed by atoms with van der Waals surface area (Å²) in [7, 11) is 0. The Morgan fingerprint density at radius 1 is 0.636 bits per heavy atom.